The number of aromatic nitrogens is 3. The minimum absolute atomic E-state index is 0.183. The lowest BCUT2D eigenvalue weighted by atomic mass is 9.97. The highest BCUT2D eigenvalue weighted by Gasteiger charge is 2.24. The van der Waals surface area contributed by atoms with E-state index in [1.165, 1.54) is 11.3 Å². The highest BCUT2D eigenvalue weighted by atomic mass is 32.1. The largest absolute Gasteiger partial charge is 0.493 e. The molecule has 0 radical (unpaired) electrons. The average molecular weight is 522 g/mol. The smallest absolute Gasteiger partial charge is 0.273 e. The fourth-order valence-electron chi connectivity index (χ4n) is 4.21. The number of benzene rings is 1. The maximum absolute atomic E-state index is 12.9. The van der Waals surface area contributed by atoms with Gasteiger partial charge in [0.1, 0.15) is 23.9 Å². The summed E-state index contributed by atoms with van der Waals surface area (Å²) in [7, 11) is 3.32. The standard InChI is InChI=1S/C26H31N7O3S/c1-18-15-23(30-24(28-18)19-7-6-11-33(16-19)12-10-27)31-26-29-20(17-37-26)25(34)32(2)13-14-36-22-9-5-4-8-21(22)35-3/h4-5,8-9,15,17,19H,6-7,11-14,16H2,1-3H3,(H,28,29,30,31)/t19-/m0/s1. The quantitative estimate of drug-likeness (QED) is 0.397. The van der Waals surface area contributed by atoms with Crippen molar-refractivity contribution in [2.75, 3.05) is 52.3 Å². The normalized spacial score (nSPS) is 15.6. The number of nitrogens with zero attached hydrogens (tertiary/aromatic N) is 6. The van der Waals surface area contributed by atoms with Crippen LogP contribution in [0.25, 0.3) is 0 Å². The number of carbonyl (C=O) groups is 1. The number of ether oxygens (including phenoxy) is 2. The molecular weight excluding hydrogens is 490 g/mol. The van der Waals surface area contributed by atoms with Crippen molar-refractivity contribution in [3.8, 4) is 17.6 Å². The average Bonchev–Trinajstić information content (AvgIpc) is 3.36. The summed E-state index contributed by atoms with van der Waals surface area (Å²) in [6.07, 6.45) is 2.01. The number of piperidine rings is 1. The van der Waals surface area contributed by atoms with Crippen LogP contribution in [0, 0.1) is 18.3 Å². The van der Waals surface area contributed by atoms with Crippen LogP contribution in [-0.2, 0) is 0 Å². The van der Waals surface area contributed by atoms with Crippen LogP contribution < -0.4 is 14.8 Å². The summed E-state index contributed by atoms with van der Waals surface area (Å²) in [5.74, 6) is 2.70. The monoisotopic (exact) mass is 521 g/mol. The van der Waals surface area contributed by atoms with Crippen molar-refractivity contribution in [2.45, 2.75) is 25.7 Å². The Bertz CT molecular complexity index is 1260. The summed E-state index contributed by atoms with van der Waals surface area (Å²) >= 11 is 1.35. The van der Waals surface area contributed by atoms with E-state index in [2.05, 4.69) is 26.3 Å². The molecule has 1 amide bonds. The first-order valence-corrected chi connectivity index (χ1v) is 13.0. The Morgan fingerprint density at radius 3 is 2.89 bits per heavy atom. The zero-order valence-electron chi connectivity index (χ0n) is 21.3. The number of anilines is 2. The summed E-state index contributed by atoms with van der Waals surface area (Å²) < 4.78 is 11.1. The molecule has 2 aromatic heterocycles. The third kappa shape index (κ3) is 6.93. The van der Waals surface area contributed by atoms with Crippen molar-refractivity contribution >= 4 is 28.2 Å². The van der Waals surface area contributed by atoms with E-state index in [1.807, 2.05) is 37.3 Å². The first kappa shape index (κ1) is 26.3. The van der Waals surface area contributed by atoms with Gasteiger partial charge in [-0.05, 0) is 38.4 Å². The molecule has 1 saturated heterocycles. The van der Waals surface area contributed by atoms with Crippen LogP contribution in [0.3, 0.4) is 0 Å². The van der Waals surface area contributed by atoms with Gasteiger partial charge >= 0.3 is 0 Å². The Morgan fingerprint density at radius 1 is 1.30 bits per heavy atom. The predicted octanol–water partition coefficient (Wildman–Crippen LogP) is 3.85. The molecule has 3 heterocycles. The molecule has 0 saturated carbocycles. The molecule has 1 aliphatic heterocycles. The van der Waals surface area contributed by atoms with Gasteiger partial charge in [-0.2, -0.15) is 5.26 Å². The predicted molar refractivity (Wildman–Crippen MR) is 142 cm³/mol. The second-order valence-corrected chi connectivity index (χ2v) is 9.73. The number of hydrogen-bond donors (Lipinski definition) is 1. The number of amides is 1. The minimum atomic E-state index is -0.188. The van der Waals surface area contributed by atoms with Crippen LogP contribution in [0.5, 0.6) is 11.5 Å². The van der Waals surface area contributed by atoms with Crippen LogP contribution in [0.2, 0.25) is 0 Å². The first-order valence-electron chi connectivity index (χ1n) is 12.2. The number of nitrogens with one attached hydrogen (secondary N) is 1. The summed E-state index contributed by atoms with van der Waals surface area (Å²) in [6, 6.07) is 11.5. The van der Waals surface area contributed by atoms with Gasteiger partial charge in [0.05, 0.1) is 26.3 Å². The van der Waals surface area contributed by atoms with Gasteiger partial charge in [0.2, 0.25) is 0 Å². The number of thiazole rings is 1. The molecule has 3 aromatic rings. The third-order valence-electron chi connectivity index (χ3n) is 6.09. The van der Waals surface area contributed by atoms with Gasteiger partial charge in [-0.1, -0.05) is 12.1 Å². The third-order valence-corrected chi connectivity index (χ3v) is 6.85. The Hall–Kier alpha value is -3.75. The summed E-state index contributed by atoms with van der Waals surface area (Å²) in [5, 5.41) is 14.6. The molecule has 37 heavy (non-hydrogen) atoms. The molecule has 1 atom stereocenters. The van der Waals surface area contributed by atoms with Crippen molar-refractivity contribution in [1.29, 1.82) is 5.26 Å². The molecule has 4 rings (SSSR count). The molecule has 1 aliphatic rings. The van der Waals surface area contributed by atoms with Crippen molar-refractivity contribution in [3.05, 3.63) is 52.9 Å². The van der Waals surface area contributed by atoms with Crippen LogP contribution in [0.15, 0.2) is 35.7 Å². The number of para-hydroxylation sites is 2. The number of methoxy groups -OCH3 is 1. The van der Waals surface area contributed by atoms with E-state index in [0.717, 1.165) is 37.4 Å². The zero-order chi connectivity index (χ0) is 26.2. The van der Waals surface area contributed by atoms with Gasteiger partial charge in [0.15, 0.2) is 16.6 Å². The number of rotatable bonds is 10. The zero-order valence-corrected chi connectivity index (χ0v) is 22.1. The lowest BCUT2D eigenvalue weighted by molar-refractivity contribution is 0.0768. The fraction of sp³-hybridized carbons (Fsp3) is 0.423. The van der Waals surface area contributed by atoms with E-state index in [-0.39, 0.29) is 11.8 Å². The lowest BCUT2D eigenvalue weighted by Crippen LogP contribution is -2.35. The second-order valence-electron chi connectivity index (χ2n) is 8.87. The van der Waals surface area contributed by atoms with Gasteiger partial charge in [-0.3, -0.25) is 9.69 Å². The van der Waals surface area contributed by atoms with E-state index in [9.17, 15) is 4.79 Å². The van der Waals surface area contributed by atoms with E-state index in [1.54, 1.807) is 24.4 Å². The van der Waals surface area contributed by atoms with Crippen molar-refractivity contribution in [2.24, 2.45) is 0 Å². The highest BCUT2D eigenvalue weighted by molar-refractivity contribution is 7.14. The Morgan fingerprint density at radius 2 is 2.11 bits per heavy atom. The van der Waals surface area contributed by atoms with Crippen LogP contribution >= 0.6 is 11.3 Å². The van der Waals surface area contributed by atoms with E-state index >= 15 is 0 Å². The molecule has 194 valence electrons. The number of aryl methyl sites for hydroxylation is 1. The Balaban J connectivity index is 1.35. The van der Waals surface area contributed by atoms with Gasteiger partial charge in [-0.15, -0.1) is 11.3 Å². The molecule has 1 aromatic carbocycles. The fourth-order valence-corrected chi connectivity index (χ4v) is 4.91. The van der Waals surface area contributed by atoms with E-state index in [0.29, 0.717) is 47.8 Å². The van der Waals surface area contributed by atoms with Crippen molar-refractivity contribution in [3.63, 3.8) is 0 Å². The number of likely N-dealkylation sites (N-methyl/N-ethyl adjacent to an activating group) is 1. The Kier molecular flexibility index (Phi) is 8.87. The topological polar surface area (TPSA) is 116 Å². The number of nitriles is 1. The molecule has 1 N–H and O–H groups in total. The summed E-state index contributed by atoms with van der Waals surface area (Å²) in [6.45, 7) is 4.79. The SMILES string of the molecule is COc1ccccc1OCCN(C)C(=O)c1csc(Nc2cc(C)nc([C@H]3CCCN(CC#N)C3)n2)n1. The minimum Gasteiger partial charge on any atom is -0.493 e. The highest BCUT2D eigenvalue weighted by Crippen LogP contribution is 2.28. The van der Waals surface area contributed by atoms with Gasteiger partial charge in [-0.25, -0.2) is 15.0 Å². The van der Waals surface area contributed by atoms with Crippen LogP contribution in [-0.4, -0.2) is 77.6 Å². The second kappa shape index (κ2) is 12.5. The molecule has 1 fully saturated rings. The van der Waals surface area contributed by atoms with Crippen molar-refractivity contribution in [1.82, 2.24) is 24.8 Å². The van der Waals surface area contributed by atoms with Crippen molar-refractivity contribution < 1.29 is 14.3 Å². The molecule has 0 unspecified atom stereocenters. The maximum Gasteiger partial charge on any atom is 0.273 e. The summed E-state index contributed by atoms with van der Waals surface area (Å²) in [4.78, 5) is 30.5. The van der Waals surface area contributed by atoms with Gasteiger partial charge in [0, 0.05) is 36.7 Å². The number of hydrogen-bond acceptors (Lipinski definition) is 10. The molecule has 10 nitrogen and oxygen atoms in total. The van der Waals surface area contributed by atoms with Gasteiger partial charge < -0.3 is 19.7 Å². The molecule has 11 heteroatoms. The molecular formula is C26H31N7O3S. The lowest BCUT2D eigenvalue weighted by Gasteiger charge is -2.30. The van der Waals surface area contributed by atoms with Crippen LogP contribution in [0.4, 0.5) is 10.9 Å². The summed E-state index contributed by atoms with van der Waals surface area (Å²) in [5.41, 5.74) is 1.21. The van der Waals surface area contributed by atoms with E-state index in [4.69, 9.17) is 19.7 Å². The number of carbonyl (C=O) groups excluding carboxylic acids is 1. The molecule has 0 spiro atoms. The molecule has 0 bridgehead atoms. The first-order chi connectivity index (χ1) is 18.0. The van der Waals surface area contributed by atoms with Crippen LogP contribution in [0.1, 0.15) is 40.8 Å². The maximum atomic E-state index is 12.9. The van der Waals surface area contributed by atoms with E-state index < -0.39 is 0 Å². The number of likely N-dealkylation sites (tertiary alicyclic amines) is 1. The Labute approximate surface area is 220 Å². The molecule has 0 aliphatic carbocycles. The van der Waals surface area contributed by atoms with Gasteiger partial charge in [0.25, 0.3) is 5.91 Å².